The Kier molecular flexibility index (Phi) is 6.30. The molecule has 2 aliphatic rings. The van der Waals surface area contributed by atoms with E-state index in [9.17, 15) is 4.79 Å². The third-order valence-electron chi connectivity index (χ3n) is 5.98. The van der Waals surface area contributed by atoms with E-state index in [4.69, 9.17) is 0 Å². The lowest BCUT2D eigenvalue weighted by atomic mass is 10.1. The smallest absolute Gasteiger partial charge is 0.255 e. The summed E-state index contributed by atoms with van der Waals surface area (Å²) in [6.45, 7) is 8.98. The van der Waals surface area contributed by atoms with Gasteiger partial charge < -0.3 is 20.0 Å². The number of piperazine rings is 1. The molecule has 4 rings (SSSR count). The average molecular weight is 394 g/mol. The predicted octanol–water partition coefficient (Wildman–Crippen LogP) is 3.59. The van der Waals surface area contributed by atoms with Gasteiger partial charge in [0.2, 0.25) is 0 Å². The summed E-state index contributed by atoms with van der Waals surface area (Å²) in [6, 6.07) is 12.3. The summed E-state index contributed by atoms with van der Waals surface area (Å²) in [5, 5.41) is 3.33. The number of rotatable bonds is 5. The lowest BCUT2D eigenvalue weighted by Gasteiger charge is -2.34. The quantitative estimate of drug-likeness (QED) is 0.841. The van der Waals surface area contributed by atoms with Crippen molar-refractivity contribution in [3.05, 3.63) is 48.2 Å². The molecule has 1 N–H and O–H groups in total. The normalized spacial score (nSPS) is 18.0. The molecule has 29 heavy (non-hydrogen) atoms. The summed E-state index contributed by atoms with van der Waals surface area (Å²) in [4.78, 5) is 23.9. The molecule has 6 heteroatoms. The van der Waals surface area contributed by atoms with Crippen LogP contribution in [0, 0.1) is 0 Å². The number of pyridine rings is 1. The van der Waals surface area contributed by atoms with E-state index in [0.29, 0.717) is 5.56 Å². The maximum absolute atomic E-state index is 12.7. The molecule has 0 unspecified atom stereocenters. The molecule has 1 aromatic heterocycles. The Morgan fingerprint density at radius 2 is 1.66 bits per heavy atom. The molecule has 3 heterocycles. The Bertz CT molecular complexity index is 791. The number of nitrogens with one attached hydrogen (secondary N) is 1. The van der Waals surface area contributed by atoms with Gasteiger partial charge in [0.25, 0.3) is 5.91 Å². The van der Waals surface area contributed by atoms with Crippen LogP contribution in [-0.4, -0.2) is 66.5 Å². The first-order valence-electron chi connectivity index (χ1n) is 10.8. The number of carbonyl (C=O) groups is 1. The second-order valence-electron chi connectivity index (χ2n) is 7.88. The van der Waals surface area contributed by atoms with Crippen LogP contribution in [0.1, 0.15) is 36.5 Å². The van der Waals surface area contributed by atoms with Gasteiger partial charge >= 0.3 is 0 Å². The highest BCUT2D eigenvalue weighted by Crippen LogP contribution is 2.23. The van der Waals surface area contributed by atoms with Gasteiger partial charge in [-0.25, -0.2) is 4.98 Å². The molecule has 1 aromatic carbocycles. The van der Waals surface area contributed by atoms with Gasteiger partial charge in [-0.05, 0) is 62.2 Å². The van der Waals surface area contributed by atoms with Crippen molar-refractivity contribution < 1.29 is 4.79 Å². The third-order valence-corrected chi connectivity index (χ3v) is 5.98. The van der Waals surface area contributed by atoms with E-state index in [2.05, 4.69) is 51.3 Å². The molecule has 0 atom stereocenters. The van der Waals surface area contributed by atoms with Crippen molar-refractivity contribution in [2.24, 2.45) is 0 Å². The Hall–Kier alpha value is -2.60. The molecule has 0 aliphatic carbocycles. The highest BCUT2D eigenvalue weighted by molar-refractivity contribution is 5.94. The molecule has 2 saturated heterocycles. The van der Waals surface area contributed by atoms with Crippen molar-refractivity contribution in [3.63, 3.8) is 0 Å². The maximum Gasteiger partial charge on any atom is 0.255 e. The van der Waals surface area contributed by atoms with Gasteiger partial charge in [0, 0.05) is 56.8 Å². The molecule has 2 aliphatic heterocycles. The van der Waals surface area contributed by atoms with Crippen molar-refractivity contribution in [1.29, 1.82) is 0 Å². The fourth-order valence-corrected chi connectivity index (χ4v) is 4.10. The zero-order valence-electron chi connectivity index (χ0n) is 17.3. The van der Waals surface area contributed by atoms with Gasteiger partial charge in [0.15, 0.2) is 0 Å². The second-order valence-corrected chi connectivity index (χ2v) is 7.88. The zero-order valence-corrected chi connectivity index (χ0v) is 17.3. The first-order chi connectivity index (χ1) is 14.2. The molecular formula is C23H31N5O. The summed E-state index contributed by atoms with van der Waals surface area (Å²) in [5.41, 5.74) is 2.95. The van der Waals surface area contributed by atoms with Crippen molar-refractivity contribution in [2.45, 2.75) is 26.2 Å². The van der Waals surface area contributed by atoms with E-state index in [-0.39, 0.29) is 5.91 Å². The van der Waals surface area contributed by atoms with E-state index in [1.165, 1.54) is 24.9 Å². The number of piperidine rings is 1. The van der Waals surface area contributed by atoms with E-state index < -0.39 is 0 Å². The minimum atomic E-state index is 0.0747. The van der Waals surface area contributed by atoms with Crippen LogP contribution in [0.25, 0.3) is 0 Å². The highest BCUT2D eigenvalue weighted by atomic mass is 16.2. The van der Waals surface area contributed by atoms with Crippen LogP contribution in [0.5, 0.6) is 0 Å². The van der Waals surface area contributed by atoms with Crippen molar-refractivity contribution in [2.75, 3.05) is 56.0 Å². The Morgan fingerprint density at radius 1 is 0.931 bits per heavy atom. The topological polar surface area (TPSA) is 51.7 Å². The number of nitrogens with zero attached hydrogens (tertiary/aromatic N) is 4. The van der Waals surface area contributed by atoms with Gasteiger partial charge in [0.05, 0.1) is 5.56 Å². The SMILES string of the molecule is CCN1CCN(C(=O)c2ccc(Nc3ccc(N4CCCCC4)cc3)nc2)CC1. The lowest BCUT2D eigenvalue weighted by molar-refractivity contribution is 0.0643. The number of carbonyl (C=O) groups excluding carboxylic acids is 1. The van der Waals surface area contributed by atoms with Crippen LogP contribution in [0.4, 0.5) is 17.2 Å². The monoisotopic (exact) mass is 393 g/mol. The van der Waals surface area contributed by atoms with Crippen LogP contribution in [0.3, 0.4) is 0 Å². The number of benzene rings is 1. The van der Waals surface area contributed by atoms with E-state index >= 15 is 0 Å². The minimum absolute atomic E-state index is 0.0747. The molecule has 2 fully saturated rings. The first kappa shape index (κ1) is 19.7. The molecule has 0 saturated carbocycles. The zero-order chi connectivity index (χ0) is 20.1. The molecule has 154 valence electrons. The summed E-state index contributed by atoms with van der Waals surface area (Å²) < 4.78 is 0. The second kappa shape index (κ2) is 9.27. The number of amides is 1. The number of aromatic nitrogens is 1. The minimum Gasteiger partial charge on any atom is -0.372 e. The number of likely N-dealkylation sites (N-methyl/N-ethyl adjacent to an activating group) is 1. The summed E-state index contributed by atoms with van der Waals surface area (Å²) in [6.07, 6.45) is 5.58. The van der Waals surface area contributed by atoms with E-state index in [0.717, 1.165) is 57.3 Å². The van der Waals surface area contributed by atoms with E-state index in [1.807, 2.05) is 17.0 Å². The van der Waals surface area contributed by atoms with Gasteiger partial charge in [-0.3, -0.25) is 4.79 Å². The molecule has 6 nitrogen and oxygen atoms in total. The summed E-state index contributed by atoms with van der Waals surface area (Å²) in [7, 11) is 0. The fraction of sp³-hybridized carbons (Fsp3) is 0.478. The molecule has 0 spiro atoms. The van der Waals surface area contributed by atoms with Crippen LogP contribution < -0.4 is 10.2 Å². The van der Waals surface area contributed by atoms with Crippen LogP contribution in [-0.2, 0) is 0 Å². The Balaban J connectivity index is 1.34. The van der Waals surface area contributed by atoms with Crippen LogP contribution in [0.15, 0.2) is 42.6 Å². The number of hydrogen-bond acceptors (Lipinski definition) is 5. The molecule has 2 aromatic rings. The highest BCUT2D eigenvalue weighted by Gasteiger charge is 2.21. The molecule has 0 radical (unpaired) electrons. The van der Waals surface area contributed by atoms with Crippen LogP contribution in [0.2, 0.25) is 0 Å². The van der Waals surface area contributed by atoms with Gasteiger partial charge in [-0.2, -0.15) is 0 Å². The van der Waals surface area contributed by atoms with Crippen molar-refractivity contribution >= 4 is 23.1 Å². The van der Waals surface area contributed by atoms with Crippen molar-refractivity contribution in [3.8, 4) is 0 Å². The standard InChI is InChI=1S/C23H31N5O/c1-2-26-14-16-28(17-15-26)23(29)19-6-11-22(24-18-19)25-20-7-9-21(10-8-20)27-12-4-3-5-13-27/h6-11,18H,2-5,12-17H2,1H3,(H,24,25). The predicted molar refractivity (Wildman–Crippen MR) is 118 cm³/mol. The lowest BCUT2D eigenvalue weighted by Crippen LogP contribution is -2.48. The Morgan fingerprint density at radius 3 is 2.28 bits per heavy atom. The molecule has 0 bridgehead atoms. The van der Waals surface area contributed by atoms with Gasteiger partial charge in [-0.15, -0.1) is 0 Å². The average Bonchev–Trinajstić information content (AvgIpc) is 2.80. The number of hydrogen-bond donors (Lipinski definition) is 1. The fourth-order valence-electron chi connectivity index (χ4n) is 4.10. The Labute approximate surface area is 173 Å². The maximum atomic E-state index is 12.7. The largest absolute Gasteiger partial charge is 0.372 e. The van der Waals surface area contributed by atoms with Crippen LogP contribution >= 0.6 is 0 Å². The van der Waals surface area contributed by atoms with E-state index in [1.54, 1.807) is 6.20 Å². The first-order valence-corrected chi connectivity index (χ1v) is 10.8. The van der Waals surface area contributed by atoms with Gasteiger partial charge in [-0.1, -0.05) is 6.92 Å². The number of anilines is 3. The van der Waals surface area contributed by atoms with Crippen molar-refractivity contribution in [1.82, 2.24) is 14.8 Å². The third kappa shape index (κ3) is 4.88. The van der Waals surface area contributed by atoms with Gasteiger partial charge in [0.1, 0.15) is 5.82 Å². The molecular weight excluding hydrogens is 362 g/mol. The summed E-state index contributed by atoms with van der Waals surface area (Å²) >= 11 is 0. The molecule has 1 amide bonds. The summed E-state index contributed by atoms with van der Waals surface area (Å²) in [5.74, 6) is 0.828.